The number of amides is 2. The van der Waals surface area contributed by atoms with Crippen LogP contribution in [0.5, 0.6) is 0 Å². The van der Waals surface area contributed by atoms with Crippen molar-refractivity contribution in [3.05, 3.63) is 64.4 Å². The molecule has 0 aliphatic rings. The number of carbonyl (C=O) groups is 2. The van der Waals surface area contributed by atoms with E-state index in [1.165, 1.54) is 21.3 Å². The van der Waals surface area contributed by atoms with Crippen LogP contribution in [0.1, 0.15) is 51.2 Å². The van der Waals surface area contributed by atoms with Crippen molar-refractivity contribution in [1.82, 2.24) is 10.2 Å². The summed E-state index contributed by atoms with van der Waals surface area (Å²) in [6.45, 7) is 7.47. The largest absolute Gasteiger partial charge is 0.352 e. The second-order valence-corrected chi connectivity index (χ2v) is 11.4. The molecule has 0 aromatic heterocycles. The summed E-state index contributed by atoms with van der Waals surface area (Å²) in [5.41, 5.74) is 1.88. The van der Waals surface area contributed by atoms with E-state index in [2.05, 4.69) is 5.32 Å². The Morgan fingerprint density at radius 1 is 1.11 bits per heavy atom. The Hall–Kier alpha value is -2.65. The molecular weight excluding hydrogens is 505 g/mol. The van der Waals surface area contributed by atoms with Crippen LogP contribution in [-0.4, -0.2) is 50.0 Å². The van der Waals surface area contributed by atoms with Crippen LogP contribution in [0.15, 0.2) is 42.5 Å². The molecule has 1 N–H and O–H groups in total. The first-order chi connectivity index (χ1) is 16.8. The Morgan fingerprint density at radius 3 is 2.33 bits per heavy atom. The predicted molar refractivity (Wildman–Crippen MR) is 142 cm³/mol. The first-order valence-electron chi connectivity index (χ1n) is 11.9. The molecule has 0 spiro atoms. The third-order valence-electron chi connectivity index (χ3n) is 6.03. The second kappa shape index (κ2) is 13.1. The third-order valence-corrected chi connectivity index (χ3v) is 7.44. The van der Waals surface area contributed by atoms with Crippen molar-refractivity contribution in [2.75, 3.05) is 17.1 Å². The Bertz CT molecular complexity index is 1160. The highest BCUT2D eigenvalue weighted by Crippen LogP contribution is 2.27. The minimum Gasteiger partial charge on any atom is -0.352 e. The highest BCUT2D eigenvalue weighted by Gasteiger charge is 2.27. The monoisotopic (exact) mass is 539 g/mol. The van der Waals surface area contributed by atoms with Crippen molar-refractivity contribution >= 4 is 39.1 Å². The van der Waals surface area contributed by atoms with Crippen LogP contribution in [0.25, 0.3) is 0 Å². The van der Waals surface area contributed by atoms with Crippen molar-refractivity contribution in [2.45, 2.75) is 65.6 Å². The highest BCUT2D eigenvalue weighted by atomic mass is 35.5. The number of rotatable bonds is 12. The van der Waals surface area contributed by atoms with Gasteiger partial charge in [-0.1, -0.05) is 36.7 Å². The van der Waals surface area contributed by atoms with Crippen LogP contribution in [-0.2, 0) is 26.2 Å². The smallest absolute Gasteiger partial charge is 0.242 e. The standard InChI is InChI=1S/C26H35ClFN3O4S/c1-6-19(3)29-26(33)20(4)30(17-21-10-13-23(28)14-11-21)25(32)8-7-15-31(36(5,34)35)24-16-22(27)12-9-18(24)2/h9-14,16,19-20H,6-8,15,17H2,1-5H3,(H,29,33). The fourth-order valence-corrected chi connectivity index (χ4v) is 4.85. The summed E-state index contributed by atoms with van der Waals surface area (Å²) in [7, 11) is -3.62. The molecule has 2 aromatic carbocycles. The number of aryl methyl sites for hydroxylation is 1. The van der Waals surface area contributed by atoms with Gasteiger partial charge in [-0.2, -0.15) is 0 Å². The van der Waals surface area contributed by atoms with E-state index in [-0.39, 0.29) is 43.8 Å². The zero-order valence-electron chi connectivity index (χ0n) is 21.4. The zero-order chi connectivity index (χ0) is 27.0. The molecule has 10 heteroatoms. The fraction of sp³-hybridized carbons (Fsp3) is 0.462. The first kappa shape index (κ1) is 29.6. The fourth-order valence-electron chi connectivity index (χ4n) is 3.67. The number of anilines is 1. The van der Waals surface area contributed by atoms with Gasteiger partial charge in [-0.15, -0.1) is 0 Å². The van der Waals surface area contributed by atoms with E-state index >= 15 is 0 Å². The molecule has 0 saturated carbocycles. The SMILES string of the molecule is CCC(C)NC(=O)C(C)N(Cc1ccc(F)cc1)C(=O)CCCN(c1cc(Cl)ccc1C)S(C)(=O)=O. The minimum absolute atomic E-state index is 0.0216. The first-order valence-corrected chi connectivity index (χ1v) is 14.1. The quantitative estimate of drug-likeness (QED) is 0.425. The van der Waals surface area contributed by atoms with Gasteiger partial charge < -0.3 is 10.2 Å². The van der Waals surface area contributed by atoms with Crippen LogP contribution < -0.4 is 9.62 Å². The lowest BCUT2D eigenvalue weighted by Gasteiger charge is -2.30. The maximum Gasteiger partial charge on any atom is 0.242 e. The van der Waals surface area contributed by atoms with E-state index in [0.29, 0.717) is 16.3 Å². The number of nitrogens with one attached hydrogen (secondary N) is 1. The maximum atomic E-state index is 13.4. The summed E-state index contributed by atoms with van der Waals surface area (Å²) in [5, 5.41) is 3.30. The van der Waals surface area contributed by atoms with E-state index in [0.717, 1.165) is 18.2 Å². The third kappa shape index (κ3) is 8.48. The zero-order valence-corrected chi connectivity index (χ0v) is 23.0. The van der Waals surface area contributed by atoms with Gasteiger partial charge in [0.15, 0.2) is 0 Å². The Kier molecular flexibility index (Phi) is 10.7. The normalized spacial score (nSPS) is 13.1. The van der Waals surface area contributed by atoms with Crippen LogP contribution in [0.3, 0.4) is 0 Å². The van der Waals surface area contributed by atoms with Gasteiger partial charge in [0.25, 0.3) is 0 Å². The molecule has 0 aliphatic carbocycles. The minimum atomic E-state index is -3.62. The number of nitrogens with zero attached hydrogens (tertiary/aromatic N) is 2. The van der Waals surface area contributed by atoms with Gasteiger partial charge in [0.1, 0.15) is 11.9 Å². The average molecular weight is 540 g/mol. The van der Waals surface area contributed by atoms with E-state index in [1.807, 2.05) is 13.8 Å². The number of halogens is 2. The van der Waals surface area contributed by atoms with Gasteiger partial charge in [0, 0.05) is 30.6 Å². The molecule has 2 unspecified atom stereocenters. The Labute approximate surface area is 218 Å². The lowest BCUT2D eigenvalue weighted by molar-refractivity contribution is -0.140. The van der Waals surface area contributed by atoms with Gasteiger partial charge in [0.05, 0.1) is 11.9 Å². The van der Waals surface area contributed by atoms with Gasteiger partial charge >= 0.3 is 0 Å². The van der Waals surface area contributed by atoms with Gasteiger partial charge in [-0.3, -0.25) is 13.9 Å². The van der Waals surface area contributed by atoms with E-state index in [4.69, 9.17) is 11.6 Å². The van der Waals surface area contributed by atoms with E-state index in [1.54, 1.807) is 44.2 Å². The molecule has 2 aromatic rings. The van der Waals surface area contributed by atoms with Crippen molar-refractivity contribution in [3.63, 3.8) is 0 Å². The van der Waals surface area contributed by atoms with Crippen molar-refractivity contribution < 1.29 is 22.4 Å². The molecule has 0 bridgehead atoms. The summed E-state index contributed by atoms with van der Waals surface area (Å²) in [6, 6.07) is 9.95. The average Bonchev–Trinajstić information content (AvgIpc) is 2.81. The highest BCUT2D eigenvalue weighted by molar-refractivity contribution is 7.92. The molecule has 36 heavy (non-hydrogen) atoms. The molecule has 0 saturated heterocycles. The summed E-state index contributed by atoms with van der Waals surface area (Å²) >= 11 is 6.09. The lowest BCUT2D eigenvalue weighted by atomic mass is 10.1. The molecule has 7 nitrogen and oxygen atoms in total. The van der Waals surface area contributed by atoms with Gasteiger partial charge in [0.2, 0.25) is 21.8 Å². The number of sulfonamides is 1. The Balaban J connectivity index is 2.20. The predicted octanol–water partition coefficient (Wildman–Crippen LogP) is 4.67. The van der Waals surface area contributed by atoms with Gasteiger partial charge in [-0.25, -0.2) is 12.8 Å². The lowest BCUT2D eigenvalue weighted by Crippen LogP contribution is -2.49. The molecule has 0 fully saturated rings. The summed E-state index contributed by atoms with van der Waals surface area (Å²) in [5.74, 6) is -0.981. The summed E-state index contributed by atoms with van der Waals surface area (Å²) in [6.07, 6.45) is 2.11. The molecule has 2 atom stereocenters. The van der Waals surface area contributed by atoms with Crippen LogP contribution in [0.2, 0.25) is 5.02 Å². The molecular formula is C26H35ClFN3O4S. The number of hydrogen-bond acceptors (Lipinski definition) is 4. The van der Waals surface area contributed by atoms with Gasteiger partial charge in [-0.05, 0) is 69.0 Å². The molecule has 198 valence electrons. The molecule has 2 amide bonds. The number of carbonyl (C=O) groups excluding carboxylic acids is 2. The summed E-state index contributed by atoms with van der Waals surface area (Å²) in [4.78, 5) is 27.5. The maximum absolute atomic E-state index is 13.4. The molecule has 0 aliphatic heterocycles. The molecule has 2 rings (SSSR count). The second-order valence-electron chi connectivity index (χ2n) is 9.01. The van der Waals surface area contributed by atoms with E-state index < -0.39 is 21.9 Å². The molecule has 0 radical (unpaired) electrons. The van der Waals surface area contributed by atoms with E-state index in [9.17, 15) is 22.4 Å². The topological polar surface area (TPSA) is 86.8 Å². The number of benzene rings is 2. The molecule has 0 heterocycles. The van der Waals surface area contributed by atoms with Crippen LogP contribution in [0, 0.1) is 12.7 Å². The Morgan fingerprint density at radius 2 is 1.75 bits per heavy atom. The van der Waals surface area contributed by atoms with Crippen molar-refractivity contribution in [2.24, 2.45) is 0 Å². The van der Waals surface area contributed by atoms with Crippen molar-refractivity contribution in [1.29, 1.82) is 0 Å². The number of hydrogen-bond donors (Lipinski definition) is 1. The van der Waals surface area contributed by atoms with Crippen molar-refractivity contribution in [3.8, 4) is 0 Å². The summed E-state index contributed by atoms with van der Waals surface area (Å²) < 4.78 is 39.6. The van der Waals surface area contributed by atoms with Crippen LogP contribution in [0.4, 0.5) is 10.1 Å². The van der Waals surface area contributed by atoms with Crippen LogP contribution >= 0.6 is 11.6 Å².